The molecule has 2 aliphatic carbocycles. The number of nitrogens with zero attached hydrogens (tertiary/aromatic N) is 1. The molecule has 1 aromatic heterocycles. The van der Waals surface area contributed by atoms with E-state index in [-0.39, 0.29) is 11.8 Å². The summed E-state index contributed by atoms with van der Waals surface area (Å²) in [6.07, 6.45) is 10.5. The lowest BCUT2D eigenvalue weighted by atomic mass is 9.67. The molecule has 2 aliphatic rings. The van der Waals surface area contributed by atoms with E-state index in [1.807, 2.05) is 12.1 Å². The van der Waals surface area contributed by atoms with Crippen molar-refractivity contribution < 1.29 is 4.79 Å². The number of pyridine rings is 1. The van der Waals surface area contributed by atoms with E-state index in [0.29, 0.717) is 5.82 Å². The fraction of sp³-hybridized carbons (Fsp3) is 0.625. The van der Waals surface area contributed by atoms with Crippen LogP contribution < -0.4 is 5.32 Å². The Morgan fingerprint density at radius 1 is 1.20 bits per heavy atom. The van der Waals surface area contributed by atoms with Gasteiger partial charge < -0.3 is 5.32 Å². The largest absolute Gasteiger partial charge is 0.310 e. The summed E-state index contributed by atoms with van der Waals surface area (Å²) in [6.45, 7) is 0. The number of halogens is 1. The Bertz CT molecular complexity index is 491. The van der Waals surface area contributed by atoms with E-state index in [1.54, 1.807) is 6.20 Å². The van der Waals surface area contributed by atoms with Gasteiger partial charge in [-0.25, -0.2) is 4.98 Å². The Kier molecular flexibility index (Phi) is 4.39. The number of aromatic nitrogens is 1. The molecule has 0 bridgehead atoms. The zero-order chi connectivity index (χ0) is 13.9. The van der Waals surface area contributed by atoms with Crippen LogP contribution in [0.5, 0.6) is 0 Å². The molecular formula is C16H21BrN2O. The van der Waals surface area contributed by atoms with Gasteiger partial charge in [-0.05, 0) is 43.2 Å². The van der Waals surface area contributed by atoms with Crippen molar-refractivity contribution in [1.29, 1.82) is 0 Å². The minimum atomic E-state index is 0.152. The van der Waals surface area contributed by atoms with Crippen molar-refractivity contribution in [3.05, 3.63) is 22.8 Å². The maximum atomic E-state index is 12.4. The standard InChI is InChI=1S/C16H21BrN2O/c17-14-7-8-18-15(10-14)19-16(20)13-6-5-11-3-1-2-4-12(11)9-13/h7-8,10-13H,1-6,9H2,(H,18,19,20). The van der Waals surface area contributed by atoms with Crippen molar-refractivity contribution >= 4 is 27.7 Å². The maximum absolute atomic E-state index is 12.4. The first-order valence-electron chi connectivity index (χ1n) is 7.65. The van der Waals surface area contributed by atoms with E-state index >= 15 is 0 Å². The predicted molar refractivity (Wildman–Crippen MR) is 83.4 cm³/mol. The third kappa shape index (κ3) is 3.22. The molecule has 3 unspecified atom stereocenters. The second-order valence-corrected chi connectivity index (χ2v) is 7.08. The maximum Gasteiger partial charge on any atom is 0.228 e. The zero-order valence-electron chi connectivity index (χ0n) is 11.6. The molecule has 108 valence electrons. The number of hydrogen-bond acceptors (Lipinski definition) is 2. The summed E-state index contributed by atoms with van der Waals surface area (Å²) in [4.78, 5) is 16.6. The summed E-state index contributed by atoms with van der Waals surface area (Å²) in [6, 6.07) is 3.72. The van der Waals surface area contributed by atoms with Crippen LogP contribution in [0.4, 0.5) is 5.82 Å². The van der Waals surface area contributed by atoms with Gasteiger partial charge in [0, 0.05) is 16.6 Å². The molecule has 1 N–H and O–H groups in total. The molecule has 2 saturated carbocycles. The van der Waals surface area contributed by atoms with Crippen LogP contribution in [0.3, 0.4) is 0 Å². The molecule has 0 radical (unpaired) electrons. The molecule has 0 spiro atoms. The number of rotatable bonds is 2. The molecule has 1 aromatic rings. The summed E-state index contributed by atoms with van der Waals surface area (Å²) in [5.41, 5.74) is 0. The highest BCUT2D eigenvalue weighted by Crippen LogP contribution is 2.42. The Morgan fingerprint density at radius 3 is 2.80 bits per heavy atom. The first kappa shape index (κ1) is 14.1. The SMILES string of the molecule is O=C(Nc1cc(Br)ccn1)C1CCC2CCCCC2C1. The Hall–Kier alpha value is -0.900. The van der Waals surface area contributed by atoms with Gasteiger partial charge in [0.05, 0.1) is 0 Å². The van der Waals surface area contributed by atoms with Gasteiger partial charge in [0.1, 0.15) is 5.82 Å². The van der Waals surface area contributed by atoms with Crippen molar-refractivity contribution in [2.24, 2.45) is 17.8 Å². The molecule has 3 rings (SSSR count). The topological polar surface area (TPSA) is 42.0 Å². The van der Waals surface area contributed by atoms with Gasteiger partial charge in [-0.3, -0.25) is 4.79 Å². The van der Waals surface area contributed by atoms with Crippen LogP contribution in [0, 0.1) is 17.8 Å². The molecule has 0 saturated heterocycles. The summed E-state index contributed by atoms with van der Waals surface area (Å²) < 4.78 is 0.943. The van der Waals surface area contributed by atoms with Crippen molar-refractivity contribution in [3.8, 4) is 0 Å². The minimum Gasteiger partial charge on any atom is -0.310 e. The van der Waals surface area contributed by atoms with E-state index in [9.17, 15) is 4.79 Å². The van der Waals surface area contributed by atoms with Crippen LogP contribution in [-0.2, 0) is 4.79 Å². The number of nitrogens with one attached hydrogen (secondary N) is 1. The fourth-order valence-electron chi connectivity index (χ4n) is 3.81. The lowest BCUT2D eigenvalue weighted by Crippen LogP contribution is -2.34. The minimum absolute atomic E-state index is 0.152. The molecular weight excluding hydrogens is 316 g/mol. The van der Waals surface area contributed by atoms with Gasteiger partial charge in [0.2, 0.25) is 5.91 Å². The second-order valence-electron chi connectivity index (χ2n) is 6.16. The lowest BCUT2D eigenvalue weighted by molar-refractivity contribution is -0.122. The second kappa shape index (κ2) is 6.25. The molecule has 4 heteroatoms. The van der Waals surface area contributed by atoms with Gasteiger partial charge in [-0.2, -0.15) is 0 Å². The quantitative estimate of drug-likeness (QED) is 0.870. The number of carbonyl (C=O) groups is 1. The van der Waals surface area contributed by atoms with Crippen molar-refractivity contribution in [2.45, 2.75) is 44.9 Å². The van der Waals surface area contributed by atoms with E-state index < -0.39 is 0 Å². The summed E-state index contributed by atoms with van der Waals surface area (Å²) in [7, 11) is 0. The van der Waals surface area contributed by atoms with Gasteiger partial charge in [-0.15, -0.1) is 0 Å². The van der Waals surface area contributed by atoms with Crippen LogP contribution in [-0.4, -0.2) is 10.9 Å². The van der Waals surface area contributed by atoms with Gasteiger partial charge in [0.15, 0.2) is 0 Å². The van der Waals surface area contributed by atoms with E-state index in [4.69, 9.17) is 0 Å². The lowest BCUT2D eigenvalue weighted by Gasteiger charge is -2.38. The van der Waals surface area contributed by atoms with Crippen molar-refractivity contribution in [2.75, 3.05) is 5.32 Å². The average molecular weight is 337 g/mol. The summed E-state index contributed by atoms with van der Waals surface area (Å²) in [5, 5.41) is 2.97. The van der Waals surface area contributed by atoms with E-state index in [2.05, 4.69) is 26.2 Å². The predicted octanol–water partition coefficient (Wildman–Crippen LogP) is 4.39. The van der Waals surface area contributed by atoms with E-state index in [1.165, 1.54) is 32.1 Å². The third-order valence-corrected chi connectivity index (χ3v) is 5.38. The molecule has 0 aliphatic heterocycles. The molecule has 1 amide bonds. The first-order chi connectivity index (χ1) is 9.72. The van der Waals surface area contributed by atoms with Crippen molar-refractivity contribution in [3.63, 3.8) is 0 Å². The number of anilines is 1. The summed E-state index contributed by atoms with van der Waals surface area (Å²) in [5.74, 6) is 2.64. The zero-order valence-corrected chi connectivity index (χ0v) is 13.2. The Labute approximate surface area is 128 Å². The van der Waals surface area contributed by atoms with Gasteiger partial charge in [-0.1, -0.05) is 41.6 Å². The highest BCUT2D eigenvalue weighted by Gasteiger charge is 2.35. The van der Waals surface area contributed by atoms with Crippen LogP contribution in [0.15, 0.2) is 22.8 Å². The molecule has 3 nitrogen and oxygen atoms in total. The van der Waals surface area contributed by atoms with Crippen LogP contribution in [0.1, 0.15) is 44.9 Å². The number of carbonyl (C=O) groups excluding carboxylic acids is 1. The molecule has 0 aromatic carbocycles. The molecule has 2 fully saturated rings. The molecule has 1 heterocycles. The highest BCUT2D eigenvalue weighted by molar-refractivity contribution is 9.10. The third-order valence-electron chi connectivity index (χ3n) is 4.88. The number of fused-ring (bicyclic) bond motifs is 1. The smallest absolute Gasteiger partial charge is 0.228 e. The first-order valence-corrected chi connectivity index (χ1v) is 8.44. The molecule has 3 atom stereocenters. The van der Waals surface area contributed by atoms with Crippen LogP contribution in [0.25, 0.3) is 0 Å². The normalized spacial score (nSPS) is 29.6. The Morgan fingerprint density at radius 2 is 2.00 bits per heavy atom. The molecule has 20 heavy (non-hydrogen) atoms. The van der Waals surface area contributed by atoms with Crippen LogP contribution >= 0.6 is 15.9 Å². The van der Waals surface area contributed by atoms with Crippen LogP contribution in [0.2, 0.25) is 0 Å². The van der Waals surface area contributed by atoms with Gasteiger partial charge >= 0.3 is 0 Å². The van der Waals surface area contributed by atoms with Crippen molar-refractivity contribution in [1.82, 2.24) is 4.98 Å². The van der Waals surface area contributed by atoms with Gasteiger partial charge in [0.25, 0.3) is 0 Å². The fourth-order valence-corrected chi connectivity index (χ4v) is 4.15. The number of amides is 1. The van der Waals surface area contributed by atoms with E-state index in [0.717, 1.165) is 29.2 Å². The average Bonchev–Trinajstić information content (AvgIpc) is 2.47. The monoisotopic (exact) mass is 336 g/mol. The highest BCUT2D eigenvalue weighted by atomic mass is 79.9. The Balaban J connectivity index is 1.60. The number of hydrogen-bond donors (Lipinski definition) is 1. The summed E-state index contributed by atoms with van der Waals surface area (Å²) >= 11 is 3.40.